The first-order chi connectivity index (χ1) is 12.4. The number of ether oxygens (including phenoxy) is 1. The van der Waals surface area contributed by atoms with Crippen LogP contribution in [0.15, 0.2) is 41.5 Å². The average molecular weight is 396 g/mol. The van der Waals surface area contributed by atoms with Gasteiger partial charge < -0.3 is 4.74 Å². The SMILES string of the molecule is COc1ccc2cc(C=NNC(=O)C(F)(F)C(F)(F)C(F)(F)F)ccc2c1. The van der Waals surface area contributed by atoms with Gasteiger partial charge in [0.2, 0.25) is 0 Å². The van der Waals surface area contributed by atoms with Crippen LogP contribution in [0.1, 0.15) is 5.56 Å². The Morgan fingerprint density at radius 3 is 2.19 bits per heavy atom. The third-order valence-electron chi connectivity index (χ3n) is 3.49. The van der Waals surface area contributed by atoms with E-state index in [4.69, 9.17) is 4.74 Å². The van der Waals surface area contributed by atoms with Crippen LogP contribution in [0.25, 0.3) is 10.8 Å². The number of carbonyl (C=O) groups is 1. The number of alkyl halides is 7. The number of benzene rings is 2. The summed E-state index contributed by atoms with van der Waals surface area (Å²) in [4.78, 5) is 11.1. The Morgan fingerprint density at radius 1 is 1.00 bits per heavy atom. The first-order valence-corrected chi connectivity index (χ1v) is 7.14. The number of amides is 1. The molecule has 2 aromatic carbocycles. The molecule has 0 saturated heterocycles. The van der Waals surface area contributed by atoms with Gasteiger partial charge in [0.05, 0.1) is 13.3 Å². The summed E-state index contributed by atoms with van der Waals surface area (Å²) < 4.78 is 92.9. The van der Waals surface area contributed by atoms with E-state index in [9.17, 15) is 35.5 Å². The molecule has 0 fully saturated rings. The predicted octanol–water partition coefficient (Wildman–Crippen LogP) is 4.13. The summed E-state index contributed by atoms with van der Waals surface area (Å²) in [6.45, 7) is 0. The van der Waals surface area contributed by atoms with Crippen molar-refractivity contribution in [1.29, 1.82) is 0 Å². The number of carbonyl (C=O) groups excluding carboxylic acids is 1. The Kier molecular flexibility index (Phi) is 5.34. The second-order valence-corrected chi connectivity index (χ2v) is 5.32. The molecule has 4 nitrogen and oxygen atoms in total. The van der Waals surface area contributed by atoms with Gasteiger partial charge in [0.25, 0.3) is 0 Å². The van der Waals surface area contributed by atoms with E-state index in [0.717, 1.165) is 17.0 Å². The fraction of sp³-hybridized carbons (Fsp3) is 0.250. The number of hydrogen-bond acceptors (Lipinski definition) is 3. The zero-order chi connectivity index (χ0) is 20.5. The summed E-state index contributed by atoms with van der Waals surface area (Å²) in [6, 6.07) is 9.60. The molecule has 1 amide bonds. The van der Waals surface area contributed by atoms with Crippen molar-refractivity contribution in [2.75, 3.05) is 7.11 Å². The molecule has 2 rings (SSSR count). The molecule has 0 unspecified atom stereocenters. The maximum absolute atomic E-state index is 13.1. The Hall–Kier alpha value is -2.85. The number of hydrogen-bond donors (Lipinski definition) is 1. The lowest BCUT2D eigenvalue weighted by molar-refractivity contribution is -0.344. The Morgan fingerprint density at radius 2 is 1.59 bits per heavy atom. The minimum Gasteiger partial charge on any atom is -0.497 e. The molecule has 0 spiro atoms. The van der Waals surface area contributed by atoms with Crippen LogP contribution in [0.3, 0.4) is 0 Å². The number of nitrogens with one attached hydrogen (secondary N) is 1. The maximum atomic E-state index is 13.1. The first-order valence-electron chi connectivity index (χ1n) is 7.14. The van der Waals surface area contributed by atoms with Gasteiger partial charge >= 0.3 is 23.9 Å². The summed E-state index contributed by atoms with van der Waals surface area (Å²) in [5, 5.41) is 4.45. The summed E-state index contributed by atoms with van der Waals surface area (Å²) in [5.74, 6) is -14.9. The van der Waals surface area contributed by atoms with E-state index in [1.165, 1.54) is 19.2 Å². The Labute approximate surface area is 147 Å². The van der Waals surface area contributed by atoms with Crippen molar-refractivity contribution in [2.24, 2.45) is 5.10 Å². The summed E-state index contributed by atoms with van der Waals surface area (Å²) in [5.41, 5.74) is 1.27. The Bertz CT molecular complexity index is 879. The second-order valence-electron chi connectivity index (χ2n) is 5.32. The largest absolute Gasteiger partial charge is 0.497 e. The van der Waals surface area contributed by atoms with Crippen molar-refractivity contribution in [2.45, 2.75) is 18.0 Å². The minimum absolute atomic E-state index is 0.277. The van der Waals surface area contributed by atoms with Gasteiger partial charge in [-0.2, -0.15) is 35.8 Å². The number of fused-ring (bicyclic) bond motifs is 1. The molecule has 0 aliphatic rings. The van der Waals surface area contributed by atoms with Crippen LogP contribution in [-0.2, 0) is 4.79 Å². The van der Waals surface area contributed by atoms with Crippen LogP contribution >= 0.6 is 0 Å². The molecule has 0 heterocycles. The second kappa shape index (κ2) is 7.05. The summed E-state index contributed by atoms with van der Waals surface area (Å²) >= 11 is 0. The number of rotatable bonds is 5. The molecule has 1 N–H and O–H groups in total. The average Bonchev–Trinajstić information content (AvgIpc) is 2.59. The van der Waals surface area contributed by atoms with Crippen molar-refractivity contribution >= 4 is 22.9 Å². The van der Waals surface area contributed by atoms with Crippen molar-refractivity contribution in [3.63, 3.8) is 0 Å². The van der Waals surface area contributed by atoms with E-state index >= 15 is 0 Å². The zero-order valence-electron chi connectivity index (χ0n) is 13.5. The van der Waals surface area contributed by atoms with Crippen molar-refractivity contribution in [1.82, 2.24) is 5.43 Å². The van der Waals surface area contributed by atoms with Gasteiger partial charge in [-0.05, 0) is 34.5 Å². The molecule has 0 bridgehead atoms. The fourth-order valence-corrected chi connectivity index (χ4v) is 2.01. The van der Waals surface area contributed by atoms with Crippen LogP contribution in [-0.4, -0.2) is 37.3 Å². The highest BCUT2D eigenvalue weighted by Gasteiger charge is 2.76. The molecule has 0 saturated carbocycles. The van der Waals surface area contributed by atoms with Crippen LogP contribution in [0, 0.1) is 0 Å². The highest BCUT2D eigenvalue weighted by molar-refractivity contribution is 5.92. The van der Waals surface area contributed by atoms with Crippen molar-refractivity contribution in [3.8, 4) is 5.75 Å². The van der Waals surface area contributed by atoms with E-state index in [0.29, 0.717) is 11.1 Å². The molecule has 11 heteroatoms. The van der Waals surface area contributed by atoms with Crippen molar-refractivity contribution in [3.05, 3.63) is 42.0 Å². The van der Waals surface area contributed by atoms with Gasteiger partial charge in [-0.15, -0.1) is 0 Å². The fourth-order valence-electron chi connectivity index (χ4n) is 2.01. The minimum atomic E-state index is -6.60. The molecular formula is C16H11F7N2O2. The molecular weight excluding hydrogens is 385 g/mol. The molecule has 27 heavy (non-hydrogen) atoms. The zero-order valence-corrected chi connectivity index (χ0v) is 13.5. The van der Waals surface area contributed by atoms with Gasteiger partial charge in [-0.3, -0.25) is 4.79 Å². The molecule has 0 aromatic heterocycles. The predicted molar refractivity (Wildman–Crippen MR) is 82.2 cm³/mol. The lowest BCUT2D eigenvalue weighted by atomic mass is 10.1. The van der Waals surface area contributed by atoms with Crippen LogP contribution in [0.4, 0.5) is 30.7 Å². The molecule has 0 atom stereocenters. The number of halogens is 7. The standard InChI is InChI=1S/C16H11F7N2O2/c1-27-12-5-4-10-6-9(2-3-11(10)7-12)8-24-25-13(26)14(17,18)15(19,20)16(21,22)23/h2-8H,1H3,(H,25,26). The van der Waals surface area contributed by atoms with E-state index in [-0.39, 0.29) is 5.56 Å². The van der Waals surface area contributed by atoms with E-state index in [1.54, 1.807) is 24.3 Å². The molecule has 0 aliphatic heterocycles. The van der Waals surface area contributed by atoms with Gasteiger partial charge in [0.15, 0.2) is 0 Å². The lowest BCUT2D eigenvalue weighted by Crippen LogP contribution is -2.58. The summed E-state index contributed by atoms with van der Waals surface area (Å²) in [7, 11) is 1.48. The van der Waals surface area contributed by atoms with Crippen molar-refractivity contribution < 1.29 is 40.3 Å². The third kappa shape index (κ3) is 3.96. The normalized spacial score (nSPS) is 13.2. The molecule has 0 aliphatic carbocycles. The van der Waals surface area contributed by atoms with Gasteiger partial charge in [0, 0.05) is 0 Å². The van der Waals surface area contributed by atoms with E-state index in [2.05, 4.69) is 5.10 Å². The van der Waals surface area contributed by atoms with Crippen LogP contribution < -0.4 is 10.2 Å². The van der Waals surface area contributed by atoms with Gasteiger partial charge in [-0.1, -0.05) is 18.2 Å². The van der Waals surface area contributed by atoms with Gasteiger partial charge in [-0.25, -0.2) is 5.43 Å². The lowest BCUT2D eigenvalue weighted by Gasteiger charge is -2.26. The Balaban J connectivity index is 2.14. The molecule has 2 aromatic rings. The first kappa shape index (κ1) is 20.5. The van der Waals surface area contributed by atoms with Gasteiger partial charge in [0.1, 0.15) is 5.75 Å². The number of nitrogens with zero attached hydrogens (tertiary/aromatic N) is 1. The topological polar surface area (TPSA) is 50.7 Å². The van der Waals surface area contributed by atoms with Crippen LogP contribution in [0.2, 0.25) is 0 Å². The number of hydrazone groups is 1. The highest BCUT2D eigenvalue weighted by Crippen LogP contribution is 2.46. The van der Waals surface area contributed by atoms with E-state index < -0.39 is 23.9 Å². The number of methoxy groups -OCH3 is 1. The summed E-state index contributed by atoms with van der Waals surface area (Å²) in [6.07, 6.45) is -5.78. The molecule has 0 radical (unpaired) electrons. The molecule has 146 valence electrons. The highest BCUT2D eigenvalue weighted by atomic mass is 19.4. The quantitative estimate of drug-likeness (QED) is 0.470. The third-order valence-corrected chi connectivity index (χ3v) is 3.49. The maximum Gasteiger partial charge on any atom is 0.460 e. The van der Waals surface area contributed by atoms with E-state index in [1.807, 2.05) is 0 Å². The van der Waals surface area contributed by atoms with Crippen LogP contribution in [0.5, 0.6) is 5.75 Å². The monoisotopic (exact) mass is 396 g/mol. The smallest absolute Gasteiger partial charge is 0.460 e.